The average Bonchev–Trinajstić information content (AvgIpc) is 3.17. The lowest BCUT2D eigenvalue weighted by Crippen LogP contribution is -2.43. The van der Waals surface area contributed by atoms with Crippen LogP contribution in [0.5, 0.6) is 17.2 Å². The van der Waals surface area contributed by atoms with Crippen molar-refractivity contribution in [1.82, 2.24) is 4.90 Å². The molecule has 0 bridgehead atoms. The molecule has 2 heterocycles. The van der Waals surface area contributed by atoms with Crippen LogP contribution < -0.4 is 24.4 Å². The molecule has 150 valence electrons. The van der Waals surface area contributed by atoms with E-state index < -0.39 is 5.91 Å². The molecule has 3 amide bonds. The quantitative estimate of drug-likeness (QED) is 0.839. The second-order valence-electron chi connectivity index (χ2n) is 6.77. The third-order valence-corrected chi connectivity index (χ3v) is 4.51. The van der Waals surface area contributed by atoms with Gasteiger partial charge >= 0.3 is 0 Å². The first kappa shape index (κ1) is 18.6. The van der Waals surface area contributed by atoms with Gasteiger partial charge in [-0.25, -0.2) is 0 Å². The number of ether oxygens (including phenoxy) is 3. The van der Waals surface area contributed by atoms with E-state index in [0.29, 0.717) is 34.2 Å². The highest BCUT2D eigenvalue weighted by Gasteiger charge is 2.28. The summed E-state index contributed by atoms with van der Waals surface area (Å²) >= 11 is 0. The summed E-state index contributed by atoms with van der Waals surface area (Å²) in [4.78, 5) is 40.0. The standard InChI is InChI=1S/C20H19N3O6/c1-22(2)20(26)12-3-5-15-14(7-12)23(19(25)10-27-15)9-18(24)21-13-4-6-16-17(8-13)29-11-28-16/h3-8H,9-11H2,1-2H3,(H,21,24). The number of benzene rings is 2. The van der Waals surface area contributed by atoms with E-state index in [2.05, 4.69) is 5.32 Å². The van der Waals surface area contributed by atoms with E-state index in [1.54, 1.807) is 50.5 Å². The molecule has 0 atom stereocenters. The zero-order valence-electron chi connectivity index (χ0n) is 15.9. The van der Waals surface area contributed by atoms with E-state index >= 15 is 0 Å². The lowest BCUT2D eigenvalue weighted by molar-refractivity contribution is -0.123. The van der Waals surface area contributed by atoms with E-state index in [0.717, 1.165) is 0 Å². The zero-order valence-corrected chi connectivity index (χ0v) is 15.9. The Bertz CT molecular complexity index is 1000. The number of rotatable bonds is 4. The van der Waals surface area contributed by atoms with Gasteiger partial charge in [0.05, 0.1) is 5.69 Å². The smallest absolute Gasteiger partial charge is 0.265 e. The van der Waals surface area contributed by atoms with Crippen molar-refractivity contribution in [1.29, 1.82) is 0 Å². The van der Waals surface area contributed by atoms with E-state index in [9.17, 15) is 14.4 Å². The number of nitrogens with zero attached hydrogens (tertiary/aromatic N) is 2. The molecular weight excluding hydrogens is 378 g/mol. The molecule has 0 fully saturated rings. The molecule has 29 heavy (non-hydrogen) atoms. The summed E-state index contributed by atoms with van der Waals surface area (Å²) in [7, 11) is 3.28. The van der Waals surface area contributed by atoms with Crippen molar-refractivity contribution in [2.75, 3.05) is 44.3 Å². The van der Waals surface area contributed by atoms with Gasteiger partial charge in [0.25, 0.3) is 11.8 Å². The van der Waals surface area contributed by atoms with Crippen LogP contribution >= 0.6 is 0 Å². The van der Waals surface area contributed by atoms with Crippen molar-refractivity contribution in [3.8, 4) is 17.2 Å². The van der Waals surface area contributed by atoms with Gasteiger partial charge < -0.3 is 24.4 Å². The molecule has 2 aliphatic rings. The topological polar surface area (TPSA) is 97.4 Å². The van der Waals surface area contributed by atoms with Crippen LogP contribution in [0, 0.1) is 0 Å². The van der Waals surface area contributed by atoms with Crippen molar-refractivity contribution < 1.29 is 28.6 Å². The van der Waals surface area contributed by atoms with Gasteiger partial charge in [-0.05, 0) is 30.3 Å². The number of fused-ring (bicyclic) bond motifs is 2. The Kier molecular flexibility index (Phi) is 4.71. The normalized spacial score (nSPS) is 14.1. The molecule has 1 N–H and O–H groups in total. The van der Waals surface area contributed by atoms with Crippen molar-refractivity contribution in [2.24, 2.45) is 0 Å². The summed E-state index contributed by atoms with van der Waals surface area (Å²) in [5.74, 6) is 0.620. The molecule has 4 rings (SSSR count). The second-order valence-corrected chi connectivity index (χ2v) is 6.77. The summed E-state index contributed by atoms with van der Waals surface area (Å²) in [6.45, 7) is -0.256. The summed E-state index contributed by atoms with van der Waals surface area (Å²) in [6, 6.07) is 9.86. The van der Waals surface area contributed by atoms with Crippen molar-refractivity contribution in [2.45, 2.75) is 0 Å². The van der Waals surface area contributed by atoms with Gasteiger partial charge in [0, 0.05) is 31.4 Å². The predicted molar refractivity (Wildman–Crippen MR) is 104 cm³/mol. The molecule has 2 aliphatic heterocycles. The summed E-state index contributed by atoms with van der Waals surface area (Å²) in [6.07, 6.45) is 0. The molecule has 2 aromatic rings. The SMILES string of the molecule is CN(C)C(=O)c1ccc2c(c1)N(CC(=O)Nc1ccc3c(c1)OCO3)C(=O)CO2. The van der Waals surface area contributed by atoms with Crippen molar-refractivity contribution in [3.63, 3.8) is 0 Å². The number of carbonyl (C=O) groups excluding carboxylic acids is 3. The minimum Gasteiger partial charge on any atom is -0.482 e. The molecule has 2 aromatic carbocycles. The average molecular weight is 397 g/mol. The summed E-state index contributed by atoms with van der Waals surface area (Å²) < 4.78 is 16.0. The van der Waals surface area contributed by atoms with Crippen LogP contribution in [0.4, 0.5) is 11.4 Å². The number of carbonyl (C=O) groups is 3. The second kappa shape index (κ2) is 7.34. The molecule has 0 aliphatic carbocycles. The molecule has 0 spiro atoms. The Labute approximate surface area is 166 Å². The van der Waals surface area contributed by atoms with Crippen LogP contribution in [0.3, 0.4) is 0 Å². The largest absolute Gasteiger partial charge is 0.482 e. The first-order valence-corrected chi connectivity index (χ1v) is 8.91. The van der Waals surface area contributed by atoms with Gasteiger partial charge in [-0.15, -0.1) is 0 Å². The Hall–Kier alpha value is -3.75. The van der Waals surface area contributed by atoms with E-state index in [1.807, 2.05) is 0 Å². The van der Waals surface area contributed by atoms with Gasteiger partial charge in [-0.2, -0.15) is 0 Å². The maximum atomic E-state index is 12.6. The fraction of sp³-hybridized carbons (Fsp3) is 0.250. The minimum atomic E-state index is -0.394. The highest BCUT2D eigenvalue weighted by atomic mass is 16.7. The van der Waals surface area contributed by atoms with E-state index in [-0.39, 0.29) is 31.8 Å². The van der Waals surface area contributed by atoms with Gasteiger partial charge in [0.2, 0.25) is 12.7 Å². The maximum Gasteiger partial charge on any atom is 0.265 e. The highest BCUT2D eigenvalue weighted by Crippen LogP contribution is 2.35. The Balaban J connectivity index is 1.54. The molecule has 0 aromatic heterocycles. The summed E-state index contributed by atoms with van der Waals surface area (Å²) in [5.41, 5.74) is 1.31. The molecule has 0 saturated heterocycles. The Morgan fingerprint density at radius 3 is 2.59 bits per heavy atom. The molecule has 9 heteroatoms. The van der Waals surface area contributed by atoms with E-state index in [4.69, 9.17) is 14.2 Å². The fourth-order valence-corrected chi connectivity index (χ4v) is 3.09. The number of nitrogens with one attached hydrogen (secondary N) is 1. The summed E-state index contributed by atoms with van der Waals surface area (Å²) in [5, 5.41) is 2.74. The molecular formula is C20H19N3O6. The van der Waals surface area contributed by atoms with Crippen molar-refractivity contribution >= 4 is 29.1 Å². The zero-order chi connectivity index (χ0) is 20.5. The predicted octanol–water partition coefficient (Wildman–Crippen LogP) is 1.48. The van der Waals surface area contributed by atoms with Gasteiger partial charge in [-0.1, -0.05) is 0 Å². The Morgan fingerprint density at radius 2 is 1.79 bits per heavy atom. The maximum absolute atomic E-state index is 12.6. The van der Waals surface area contributed by atoms with Gasteiger partial charge in [0.15, 0.2) is 18.1 Å². The van der Waals surface area contributed by atoms with Crippen LogP contribution in [0.25, 0.3) is 0 Å². The lowest BCUT2D eigenvalue weighted by atomic mass is 10.1. The monoisotopic (exact) mass is 397 g/mol. The van der Waals surface area contributed by atoms with Crippen molar-refractivity contribution in [3.05, 3.63) is 42.0 Å². The molecule has 0 unspecified atom stereocenters. The first-order valence-electron chi connectivity index (χ1n) is 8.91. The number of hydrogen-bond acceptors (Lipinski definition) is 6. The number of amides is 3. The van der Waals surface area contributed by atoms with Gasteiger partial charge in [0.1, 0.15) is 12.3 Å². The van der Waals surface area contributed by atoms with Crippen LogP contribution in [0.15, 0.2) is 36.4 Å². The molecule has 9 nitrogen and oxygen atoms in total. The third-order valence-electron chi connectivity index (χ3n) is 4.51. The Morgan fingerprint density at radius 1 is 1.03 bits per heavy atom. The van der Waals surface area contributed by atoms with Crippen LogP contribution in [0.1, 0.15) is 10.4 Å². The molecule has 0 radical (unpaired) electrons. The van der Waals surface area contributed by atoms with E-state index in [1.165, 1.54) is 9.80 Å². The van der Waals surface area contributed by atoms with Gasteiger partial charge in [-0.3, -0.25) is 19.3 Å². The van der Waals surface area contributed by atoms with Crippen LogP contribution in [-0.2, 0) is 9.59 Å². The first-order chi connectivity index (χ1) is 13.9. The number of anilines is 2. The third kappa shape index (κ3) is 3.66. The fourth-order valence-electron chi connectivity index (χ4n) is 3.09. The van der Waals surface area contributed by atoms with Crippen LogP contribution in [-0.4, -0.2) is 56.7 Å². The van der Waals surface area contributed by atoms with Crippen LogP contribution in [0.2, 0.25) is 0 Å². The number of hydrogen-bond donors (Lipinski definition) is 1. The highest BCUT2D eigenvalue weighted by molar-refractivity contribution is 6.06. The lowest BCUT2D eigenvalue weighted by Gasteiger charge is -2.29. The molecule has 0 saturated carbocycles. The minimum absolute atomic E-state index is 0.139.